The molecule has 0 unspecified atom stereocenters. The van der Waals surface area contributed by atoms with Crippen LogP contribution < -0.4 is 0 Å². The van der Waals surface area contributed by atoms with Gasteiger partial charge in [0.05, 0.1) is 0 Å². The van der Waals surface area contributed by atoms with E-state index < -0.39 is 0 Å². The van der Waals surface area contributed by atoms with E-state index in [1.54, 1.807) is 0 Å². The van der Waals surface area contributed by atoms with Gasteiger partial charge >= 0.3 is 0 Å². The van der Waals surface area contributed by atoms with E-state index in [0.717, 1.165) is 13.0 Å². The van der Waals surface area contributed by atoms with E-state index in [1.807, 2.05) is 0 Å². The van der Waals surface area contributed by atoms with E-state index in [9.17, 15) is 0 Å². The van der Waals surface area contributed by atoms with Gasteiger partial charge in [0.25, 0.3) is 0 Å². The van der Waals surface area contributed by atoms with E-state index in [1.165, 1.54) is 38.5 Å². The summed E-state index contributed by atoms with van der Waals surface area (Å²) in [6.07, 6.45) is 1.11. The quantitative estimate of drug-likeness (QED) is 0.474. The van der Waals surface area contributed by atoms with E-state index >= 15 is 0 Å². The van der Waals surface area contributed by atoms with Crippen LogP contribution in [0.4, 0.5) is 0 Å². The topological polar surface area (TPSA) is 19.0 Å². The van der Waals surface area contributed by atoms with Crippen molar-refractivity contribution in [1.29, 1.82) is 0 Å². The number of rotatable bonds is 2. The molecular weight excluding hydrogens is 316 g/mol. The van der Waals surface area contributed by atoms with Crippen molar-refractivity contribution in [3.8, 4) is 0 Å². The van der Waals surface area contributed by atoms with Gasteiger partial charge in [-0.3, -0.25) is 4.90 Å². The third-order valence-corrected chi connectivity index (χ3v) is 6.15. The number of hydrogen-bond donors (Lipinski definition) is 1. The molecule has 4 aromatic rings. The van der Waals surface area contributed by atoms with Crippen LogP contribution in [0.2, 0.25) is 0 Å². The van der Waals surface area contributed by atoms with Crippen LogP contribution in [-0.2, 0) is 6.42 Å². The Morgan fingerprint density at radius 3 is 2.54 bits per heavy atom. The van der Waals surface area contributed by atoms with Crippen LogP contribution in [0.1, 0.15) is 42.8 Å². The molecule has 2 heterocycles. The van der Waals surface area contributed by atoms with E-state index in [2.05, 4.69) is 90.5 Å². The molecule has 0 saturated heterocycles. The van der Waals surface area contributed by atoms with Gasteiger partial charge in [-0.05, 0) is 48.2 Å². The molecule has 0 bridgehead atoms. The van der Waals surface area contributed by atoms with Crippen molar-refractivity contribution in [1.82, 2.24) is 9.88 Å². The minimum Gasteiger partial charge on any atom is -0.357 e. The number of nitrogens with zero attached hydrogens (tertiary/aromatic N) is 1. The normalized spacial score (nSPS) is 18.9. The van der Waals surface area contributed by atoms with Crippen molar-refractivity contribution in [2.24, 2.45) is 0 Å². The van der Waals surface area contributed by atoms with Gasteiger partial charge in [-0.25, -0.2) is 0 Å². The molecule has 0 spiro atoms. The highest BCUT2D eigenvalue weighted by Crippen LogP contribution is 2.39. The third-order valence-electron chi connectivity index (χ3n) is 6.15. The SMILES string of the molecule is C[C@@H]1c2[nH]c3ccccc3c2CCN1[C@H](C)c1cccc2ccccc12. The average molecular weight is 340 g/mol. The summed E-state index contributed by atoms with van der Waals surface area (Å²) in [4.78, 5) is 6.34. The van der Waals surface area contributed by atoms with Gasteiger partial charge in [0.15, 0.2) is 0 Å². The maximum atomic E-state index is 3.70. The van der Waals surface area contributed by atoms with Gasteiger partial charge < -0.3 is 4.98 Å². The van der Waals surface area contributed by atoms with Crippen molar-refractivity contribution in [2.45, 2.75) is 32.4 Å². The second-order valence-corrected chi connectivity index (χ2v) is 7.47. The third kappa shape index (κ3) is 2.29. The number of para-hydroxylation sites is 1. The summed E-state index contributed by atoms with van der Waals surface area (Å²) in [5, 5.41) is 4.09. The first kappa shape index (κ1) is 15.7. The largest absolute Gasteiger partial charge is 0.357 e. The van der Waals surface area contributed by atoms with Gasteiger partial charge in [0, 0.05) is 35.2 Å². The molecule has 0 saturated carbocycles. The molecule has 1 aliphatic rings. The smallest absolute Gasteiger partial charge is 0.0479 e. The van der Waals surface area contributed by atoms with Crippen LogP contribution in [0, 0.1) is 0 Å². The van der Waals surface area contributed by atoms with Crippen LogP contribution in [0.3, 0.4) is 0 Å². The molecule has 0 aliphatic carbocycles. The zero-order valence-corrected chi connectivity index (χ0v) is 15.4. The van der Waals surface area contributed by atoms with Crippen LogP contribution in [0.15, 0.2) is 66.7 Å². The summed E-state index contributed by atoms with van der Waals surface area (Å²) in [6, 6.07) is 24.9. The lowest BCUT2D eigenvalue weighted by molar-refractivity contribution is 0.143. The number of aromatic amines is 1. The predicted molar refractivity (Wildman–Crippen MR) is 109 cm³/mol. The van der Waals surface area contributed by atoms with E-state index in [-0.39, 0.29) is 0 Å². The molecule has 26 heavy (non-hydrogen) atoms. The Kier molecular flexibility index (Phi) is 3.61. The summed E-state index contributed by atoms with van der Waals surface area (Å²) in [5.41, 5.74) is 5.59. The maximum Gasteiger partial charge on any atom is 0.0479 e. The molecule has 3 aromatic carbocycles. The highest BCUT2D eigenvalue weighted by molar-refractivity contribution is 5.86. The molecule has 0 amide bonds. The Labute approximate surface area is 154 Å². The highest BCUT2D eigenvalue weighted by atomic mass is 15.2. The summed E-state index contributed by atoms with van der Waals surface area (Å²) < 4.78 is 0. The van der Waals surface area contributed by atoms with E-state index in [4.69, 9.17) is 0 Å². The first-order chi connectivity index (χ1) is 12.7. The number of nitrogens with one attached hydrogen (secondary N) is 1. The standard InChI is InChI=1S/C24H24N2/c1-16(19-12-7-9-18-8-3-4-10-20(18)19)26-15-14-22-21-11-5-6-13-23(21)25-24(22)17(26)2/h3-13,16-17,25H,14-15H2,1-2H3/t16-,17-/m1/s1. The number of benzene rings is 3. The fourth-order valence-electron chi connectivity index (χ4n) is 4.77. The molecular formula is C24H24N2. The van der Waals surface area contributed by atoms with Crippen LogP contribution in [0.5, 0.6) is 0 Å². The van der Waals surface area contributed by atoms with Crippen molar-refractivity contribution in [3.63, 3.8) is 0 Å². The first-order valence-corrected chi connectivity index (χ1v) is 9.57. The highest BCUT2D eigenvalue weighted by Gasteiger charge is 2.31. The molecule has 1 N–H and O–H groups in total. The zero-order chi connectivity index (χ0) is 17.7. The molecule has 1 aromatic heterocycles. The van der Waals surface area contributed by atoms with Crippen molar-refractivity contribution >= 4 is 21.7 Å². The minimum absolute atomic E-state index is 0.385. The molecule has 0 radical (unpaired) electrons. The fraction of sp³-hybridized carbons (Fsp3) is 0.250. The molecule has 2 atom stereocenters. The Bertz CT molecular complexity index is 1090. The number of fused-ring (bicyclic) bond motifs is 4. The molecule has 2 nitrogen and oxygen atoms in total. The fourth-order valence-corrected chi connectivity index (χ4v) is 4.77. The van der Waals surface area contributed by atoms with Crippen molar-refractivity contribution in [3.05, 3.63) is 83.6 Å². The lowest BCUT2D eigenvalue weighted by Crippen LogP contribution is -2.36. The Balaban J connectivity index is 1.56. The molecule has 1 aliphatic heterocycles. The lowest BCUT2D eigenvalue weighted by atomic mass is 9.93. The summed E-state index contributed by atoms with van der Waals surface area (Å²) >= 11 is 0. The monoisotopic (exact) mass is 340 g/mol. The van der Waals surface area contributed by atoms with Gasteiger partial charge in [-0.15, -0.1) is 0 Å². The summed E-state index contributed by atoms with van der Waals surface area (Å²) in [7, 11) is 0. The van der Waals surface area contributed by atoms with E-state index in [0.29, 0.717) is 12.1 Å². The maximum absolute atomic E-state index is 3.70. The van der Waals surface area contributed by atoms with Gasteiger partial charge in [0.1, 0.15) is 0 Å². The molecule has 0 fully saturated rings. The molecule has 2 heteroatoms. The second kappa shape index (κ2) is 6.00. The minimum atomic E-state index is 0.385. The number of aromatic nitrogens is 1. The summed E-state index contributed by atoms with van der Waals surface area (Å²) in [6.45, 7) is 5.79. The first-order valence-electron chi connectivity index (χ1n) is 9.57. The van der Waals surface area contributed by atoms with Crippen LogP contribution in [-0.4, -0.2) is 16.4 Å². The van der Waals surface area contributed by atoms with Crippen LogP contribution >= 0.6 is 0 Å². The Hall–Kier alpha value is -2.58. The van der Waals surface area contributed by atoms with Crippen LogP contribution in [0.25, 0.3) is 21.7 Å². The van der Waals surface area contributed by atoms with Crippen molar-refractivity contribution < 1.29 is 0 Å². The molecule has 130 valence electrons. The van der Waals surface area contributed by atoms with Gasteiger partial charge in [-0.2, -0.15) is 0 Å². The average Bonchev–Trinajstić information content (AvgIpc) is 3.07. The molecule has 5 rings (SSSR count). The van der Waals surface area contributed by atoms with Crippen molar-refractivity contribution in [2.75, 3.05) is 6.54 Å². The number of hydrogen-bond acceptors (Lipinski definition) is 1. The second-order valence-electron chi connectivity index (χ2n) is 7.47. The summed E-state index contributed by atoms with van der Waals surface area (Å²) in [5.74, 6) is 0. The lowest BCUT2D eigenvalue weighted by Gasteiger charge is -2.38. The van der Waals surface area contributed by atoms with Gasteiger partial charge in [-0.1, -0.05) is 60.7 Å². The zero-order valence-electron chi connectivity index (χ0n) is 15.4. The number of H-pyrrole nitrogens is 1. The van der Waals surface area contributed by atoms with Gasteiger partial charge in [0.2, 0.25) is 0 Å². The Morgan fingerprint density at radius 2 is 1.65 bits per heavy atom. The predicted octanol–water partition coefficient (Wildman–Crippen LogP) is 6.00. The Morgan fingerprint density at radius 1 is 0.923 bits per heavy atom.